The van der Waals surface area contributed by atoms with Crippen molar-refractivity contribution in [2.24, 2.45) is 0 Å². The van der Waals surface area contributed by atoms with E-state index in [9.17, 15) is 9.59 Å². The highest BCUT2D eigenvalue weighted by Crippen LogP contribution is 2.33. The first-order valence-electron chi connectivity index (χ1n) is 8.94. The molecule has 2 amide bonds. The molecule has 0 saturated carbocycles. The molecular formula is C20H24N2O4. The predicted molar refractivity (Wildman–Crippen MR) is 97.0 cm³/mol. The zero-order chi connectivity index (χ0) is 18.4. The van der Waals surface area contributed by atoms with Crippen LogP contribution in [0, 0.1) is 0 Å². The predicted octanol–water partition coefficient (Wildman–Crippen LogP) is 3.16. The van der Waals surface area contributed by atoms with Crippen LogP contribution in [-0.2, 0) is 4.79 Å². The van der Waals surface area contributed by atoms with E-state index in [0.29, 0.717) is 19.4 Å². The van der Waals surface area contributed by atoms with Gasteiger partial charge in [0.1, 0.15) is 5.75 Å². The summed E-state index contributed by atoms with van der Waals surface area (Å²) in [6.07, 6.45) is 4.45. The summed E-state index contributed by atoms with van der Waals surface area (Å²) in [6, 6.07) is 11.3. The van der Waals surface area contributed by atoms with Crippen molar-refractivity contribution in [2.45, 2.75) is 31.7 Å². The van der Waals surface area contributed by atoms with Crippen molar-refractivity contribution in [3.8, 4) is 5.75 Å². The number of hydrogen-bond acceptors (Lipinski definition) is 4. The Bertz CT molecular complexity index is 742. The summed E-state index contributed by atoms with van der Waals surface area (Å²) in [5, 5.41) is 2.77. The van der Waals surface area contributed by atoms with Gasteiger partial charge in [0, 0.05) is 19.5 Å². The third-order valence-electron chi connectivity index (χ3n) is 4.65. The minimum absolute atomic E-state index is 0.107. The lowest BCUT2D eigenvalue weighted by molar-refractivity contribution is -0.132. The van der Waals surface area contributed by atoms with Gasteiger partial charge in [-0.05, 0) is 49.1 Å². The Morgan fingerprint density at radius 2 is 2.19 bits per heavy atom. The molecule has 138 valence electrons. The van der Waals surface area contributed by atoms with Gasteiger partial charge < -0.3 is 19.4 Å². The number of furan rings is 1. The van der Waals surface area contributed by atoms with Crippen molar-refractivity contribution in [3.63, 3.8) is 0 Å². The third kappa shape index (κ3) is 4.25. The maximum Gasteiger partial charge on any atom is 0.286 e. The normalized spacial score (nSPS) is 16.5. The first-order valence-corrected chi connectivity index (χ1v) is 8.94. The highest BCUT2D eigenvalue weighted by Gasteiger charge is 2.29. The van der Waals surface area contributed by atoms with Gasteiger partial charge in [0.25, 0.3) is 5.91 Å². The number of benzene rings is 1. The van der Waals surface area contributed by atoms with E-state index in [2.05, 4.69) is 5.32 Å². The fraction of sp³-hybridized carbons (Fsp3) is 0.400. The zero-order valence-electron chi connectivity index (χ0n) is 14.9. The van der Waals surface area contributed by atoms with Gasteiger partial charge in [0.15, 0.2) is 5.76 Å². The molecule has 1 N–H and O–H groups in total. The fourth-order valence-electron chi connectivity index (χ4n) is 3.34. The summed E-state index contributed by atoms with van der Waals surface area (Å²) >= 11 is 0. The van der Waals surface area contributed by atoms with Crippen LogP contribution in [0.5, 0.6) is 5.75 Å². The number of carbonyl (C=O) groups is 2. The number of rotatable bonds is 7. The molecule has 6 heteroatoms. The van der Waals surface area contributed by atoms with Crippen LogP contribution in [0.2, 0.25) is 0 Å². The van der Waals surface area contributed by atoms with E-state index in [1.165, 1.54) is 6.26 Å². The van der Waals surface area contributed by atoms with E-state index in [4.69, 9.17) is 9.15 Å². The number of hydrogen-bond donors (Lipinski definition) is 1. The van der Waals surface area contributed by atoms with Crippen LogP contribution < -0.4 is 10.1 Å². The summed E-state index contributed by atoms with van der Waals surface area (Å²) in [5.74, 6) is 0.969. The second kappa shape index (κ2) is 8.56. The molecule has 1 saturated heterocycles. The second-order valence-corrected chi connectivity index (χ2v) is 6.36. The summed E-state index contributed by atoms with van der Waals surface area (Å²) < 4.78 is 10.3. The molecule has 3 rings (SSSR count). The van der Waals surface area contributed by atoms with Gasteiger partial charge in [-0.25, -0.2) is 0 Å². The van der Waals surface area contributed by atoms with Gasteiger partial charge in [-0.1, -0.05) is 12.1 Å². The van der Waals surface area contributed by atoms with Crippen molar-refractivity contribution in [1.82, 2.24) is 10.2 Å². The van der Waals surface area contributed by atoms with Gasteiger partial charge in [0.2, 0.25) is 5.91 Å². The van der Waals surface area contributed by atoms with E-state index in [1.807, 2.05) is 29.2 Å². The van der Waals surface area contributed by atoms with Crippen molar-refractivity contribution in [3.05, 3.63) is 54.0 Å². The Labute approximate surface area is 153 Å². The maximum absolute atomic E-state index is 12.6. The smallest absolute Gasteiger partial charge is 0.286 e. The SMILES string of the molecule is COc1cccc(C2CCCN2C(=O)CCCNC(=O)c2ccco2)c1. The highest BCUT2D eigenvalue weighted by molar-refractivity contribution is 5.91. The highest BCUT2D eigenvalue weighted by atomic mass is 16.5. The van der Waals surface area contributed by atoms with E-state index < -0.39 is 0 Å². The summed E-state index contributed by atoms with van der Waals surface area (Å²) in [7, 11) is 1.65. The fourth-order valence-corrected chi connectivity index (χ4v) is 3.34. The van der Waals surface area contributed by atoms with E-state index in [-0.39, 0.29) is 23.6 Å². The van der Waals surface area contributed by atoms with Crippen molar-refractivity contribution in [1.29, 1.82) is 0 Å². The van der Waals surface area contributed by atoms with Crippen LogP contribution in [0.15, 0.2) is 47.1 Å². The molecule has 26 heavy (non-hydrogen) atoms. The Morgan fingerprint density at radius 3 is 2.96 bits per heavy atom. The van der Waals surface area contributed by atoms with Gasteiger partial charge >= 0.3 is 0 Å². The van der Waals surface area contributed by atoms with Crippen LogP contribution in [-0.4, -0.2) is 36.9 Å². The molecule has 1 aliphatic heterocycles. The van der Waals surface area contributed by atoms with Gasteiger partial charge in [-0.3, -0.25) is 9.59 Å². The van der Waals surface area contributed by atoms with Gasteiger partial charge in [0.05, 0.1) is 19.4 Å². The summed E-state index contributed by atoms with van der Waals surface area (Å²) in [5.41, 5.74) is 1.11. The van der Waals surface area contributed by atoms with Crippen LogP contribution in [0.1, 0.15) is 47.8 Å². The molecule has 1 unspecified atom stereocenters. The van der Waals surface area contributed by atoms with Crippen LogP contribution in [0.3, 0.4) is 0 Å². The average molecular weight is 356 g/mol. The van der Waals surface area contributed by atoms with Gasteiger partial charge in [-0.15, -0.1) is 0 Å². The first kappa shape index (κ1) is 18.0. The molecular weight excluding hydrogens is 332 g/mol. The second-order valence-electron chi connectivity index (χ2n) is 6.36. The van der Waals surface area contributed by atoms with E-state index in [1.54, 1.807) is 19.2 Å². The van der Waals surface area contributed by atoms with Crippen molar-refractivity contribution in [2.75, 3.05) is 20.2 Å². The molecule has 0 radical (unpaired) electrons. The number of carbonyl (C=O) groups excluding carboxylic acids is 2. The van der Waals surface area contributed by atoms with Crippen molar-refractivity contribution < 1.29 is 18.7 Å². The molecule has 1 aliphatic rings. The Kier molecular flexibility index (Phi) is 5.94. The lowest BCUT2D eigenvalue weighted by Gasteiger charge is -2.25. The van der Waals surface area contributed by atoms with Crippen LogP contribution in [0.25, 0.3) is 0 Å². The van der Waals surface area contributed by atoms with Crippen molar-refractivity contribution >= 4 is 11.8 Å². The van der Waals surface area contributed by atoms with Crippen LogP contribution >= 0.6 is 0 Å². The molecule has 1 aromatic heterocycles. The van der Waals surface area contributed by atoms with Crippen LogP contribution in [0.4, 0.5) is 0 Å². The molecule has 1 aromatic carbocycles. The Balaban J connectivity index is 1.49. The largest absolute Gasteiger partial charge is 0.497 e. The standard InChI is InChI=1S/C20H24N2O4/c1-25-16-7-2-6-15(14-16)17-8-4-12-22(17)19(23)10-3-11-21-20(24)18-9-5-13-26-18/h2,5-7,9,13-14,17H,3-4,8,10-12H2,1H3,(H,21,24). The monoisotopic (exact) mass is 356 g/mol. The maximum atomic E-state index is 12.6. The lowest BCUT2D eigenvalue weighted by atomic mass is 10.0. The number of ether oxygens (including phenoxy) is 1. The summed E-state index contributed by atoms with van der Waals surface area (Å²) in [6.45, 7) is 1.22. The minimum Gasteiger partial charge on any atom is -0.497 e. The number of nitrogens with zero attached hydrogens (tertiary/aromatic N) is 1. The van der Waals surface area contributed by atoms with E-state index in [0.717, 1.165) is 30.7 Å². The molecule has 2 aromatic rings. The molecule has 0 spiro atoms. The molecule has 1 atom stereocenters. The third-order valence-corrected chi connectivity index (χ3v) is 4.65. The van der Waals surface area contributed by atoms with E-state index >= 15 is 0 Å². The number of nitrogens with one attached hydrogen (secondary N) is 1. The molecule has 0 bridgehead atoms. The molecule has 6 nitrogen and oxygen atoms in total. The Hall–Kier alpha value is -2.76. The lowest BCUT2D eigenvalue weighted by Crippen LogP contribution is -2.31. The minimum atomic E-state index is -0.252. The average Bonchev–Trinajstić information content (AvgIpc) is 3.36. The molecule has 1 fully saturated rings. The summed E-state index contributed by atoms with van der Waals surface area (Å²) in [4.78, 5) is 26.4. The zero-order valence-corrected chi connectivity index (χ0v) is 14.9. The quantitative estimate of drug-likeness (QED) is 0.774. The van der Waals surface area contributed by atoms with Gasteiger partial charge in [-0.2, -0.15) is 0 Å². The number of likely N-dealkylation sites (tertiary alicyclic amines) is 1. The number of amides is 2. The number of methoxy groups -OCH3 is 1. The Morgan fingerprint density at radius 1 is 1.31 bits per heavy atom. The molecule has 2 heterocycles. The molecule has 0 aliphatic carbocycles. The first-order chi connectivity index (χ1) is 12.7. The topological polar surface area (TPSA) is 71.8 Å².